The van der Waals surface area contributed by atoms with Crippen LogP contribution < -0.4 is 0 Å². The number of hydrogen-bond acceptors (Lipinski definition) is 6. The Labute approximate surface area is 178 Å². The lowest BCUT2D eigenvalue weighted by atomic mass is 10.2. The predicted octanol–water partition coefficient (Wildman–Crippen LogP) is 4.41. The fourth-order valence-corrected chi connectivity index (χ4v) is 3.70. The van der Waals surface area contributed by atoms with Gasteiger partial charge >= 0.3 is 0 Å². The Bertz CT molecular complexity index is 1240. The third kappa shape index (κ3) is 3.40. The quantitative estimate of drug-likeness (QED) is 0.408. The minimum absolute atomic E-state index is 0.178. The van der Waals surface area contributed by atoms with Crippen molar-refractivity contribution < 1.29 is 13.2 Å². The van der Waals surface area contributed by atoms with Crippen molar-refractivity contribution in [1.82, 2.24) is 34.6 Å². The van der Waals surface area contributed by atoms with Gasteiger partial charge < -0.3 is 4.42 Å². The van der Waals surface area contributed by atoms with Crippen LogP contribution in [0, 0.1) is 13.8 Å². The van der Waals surface area contributed by atoms with Gasteiger partial charge in [0.15, 0.2) is 11.3 Å². The number of rotatable bonds is 6. The number of halogens is 3. The zero-order valence-electron chi connectivity index (χ0n) is 16.3. The van der Waals surface area contributed by atoms with Gasteiger partial charge in [0, 0.05) is 36.3 Å². The van der Waals surface area contributed by atoms with E-state index in [-0.39, 0.29) is 17.5 Å². The summed E-state index contributed by atoms with van der Waals surface area (Å²) in [5.74, 6) is 0.861. The molecule has 0 atom stereocenters. The highest BCUT2D eigenvalue weighted by molar-refractivity contribution is 9.10. The Kier molecular flexibility index (Phi) is 4.64. The summed E-state index contributed by atoms with van der Waals surface area (Å²) in [6.45, 7) is 4.48. The van der Waals surface area contributed by atoms with E-state index in [1.54, 1.807) is 6.07 Å². The second-order valence-electron chi connectivity index (χ2n) is 7.44. The van der Waals surface area contributed by atoms with Crippen molar-refractivity contribution in [1.29, 1.82) is 0 Å². The van der Waals surface area contributed by atoms with Crippen molar-refractivity contribution in [2.45, 2.75) is 52.0 Å². The molecule has 1 fully saturated rings. The van der Waals surface area contributed by atoms with E-state index in [0.717, 1.165) is 33.2 Å². The monoisotopic (exact) mass is 477 g/mol. The molecular formula is C19H18BrF2N7O. The molecule has 0 N–H and O–H groups in total. The number of nitrogens with zero attached hydrogens (tertiary/aromatic N) is 7. The lowest BCUT2D eigenvalue weighted by molar-refractivity contribution is 0.143. The molecule has 8 nitrogen and oxygen atoms in total. The van der Waals surface area contributed by atoms with Crippen LogP contribution in [-0.2, 0) is 13.0 Å². The largest absolute Gasteiger partial charge is 0.419 e. The second-order valence-corrected chi connectivity index (χ2v) is 8.23. The summed E-state index contributed by atoms with van der Waals surface area (Å²) in [5, 5.41) is 16.8. The van der Waals surface area contributed by atoms with Crippen molar-refractivity contribution in [2.75, 3.05) is 0 Å². The first-order valence-corrected chi connectivity index (χ1v) is 10.4. The molecule has 5 rings (SSSR count). The molecule has 0 amide bonds. The standard InChI is InChI=1S/C19H18BrF2N7O/c1-9-17(20)10(2)28(26-9)6-5-16-24-25-19(30-16)13-8-15-23-12(11-3-4-11)7-14(18(21)22)29(15)27-13/h7-8,11,18H,3-6H2,1-2H3. The maximum Gasteiger partial charge on any atom is 0.280 e. The van der Waals surface area contributed by atoms with Gasteiger partial charge in [-0.3, -0.25) is 4.68 Å². The molecular weight excluding hydrogens is 460 g/mol. The summed E-state index contributed by atoms with van der Waals surface area (Å²) in [5.41, 5.74) is 3.12. The highest BCUT2D eigenvalue weighted by Crippen LogP contribution is 2.40. The Balaban J connectivity index is 1.41. The first-order valence-electron chi connectivity index (χ1n) is 9.61. The summed E-state index contributed by atoms with van der Waals surface area (Å²) in [4.78, 5) is 4.49. The maximum absolute atomic E-state index is 13.5. The molecule has 0 aliphatic heterocycles. The first-order chi connectivity index (χ1) is 14.4. The lowest BCUT2D eigenvalue weighted by Gasteiger charge is -2.05. The highest BCUT2D eigenvalue weighted by Gasteiger charge is 2.28. The molecule has 1 aliphatic rings. The van der Waals surface area contributed by atoms with E-state index in [1.165, 1.54) is 6.07 Å². The van der Waals surface area contributed by atoms with Crippen LogP contribution in [0.3, 0.4) is 0 Å². The average molecular weight is 478 g/mol. The van der Waals surface area contributed by atoms with Gasteiger partial charge in [-0.1, -0.05) is 0 Å². The van der Waals surface area contributed by atoms with Gasteiger partial charge in [0.25, 0.3) is 12.3 Å². The molecule has 0 bridgehead atoms. The summed E-state index contributed by atoms with van der Waals surface area (Å²) < 4.78 is 36.8. The summed E-state index contributed by atoms with van der Waals surface area (Å²) in [6.07, 6.45) is -0.211. The molecule has 0 aromatic carbocycles. The van der Waals surface area contributed by atoms with Gasteiger partial charge in [0.05, 0.1) is 10.2 Å². The molecule has 4 aromatic heterocycles. The highest BCUT2D eigenvalue weighted by atomic mass is 79.9. The number of aromatic nitrogens is 7. The molecule has 4 heterocycles. The van der Waals surface area contributed by atoms with E-state index >= 15 is 0 Å². The van der Waals surface area contributed by atoms with E-state index in [1.807, 2.05) is 18.5 Å². The van der Waals surface area contributed by atoms with Crippen LogP contribution in [-0.4, -0.2) is 34.6 Å². The molecule has 156 valence electrons. The van der Waals surface area contributed by atoms with Crippen molar-refractivity contribution in [3.05, 3.63) is 45.3 Å². The van der Waals surface area contributed by atoms with Crippen LogP contribution in [0.4, 0.5) is 8.78 Å². The minimum Gasteiger partial charge on any atom is -0.419 e. The third-order valence-corrected chi connectivity index (χ3v) is 6.36. The Morgan fingerprint density at radius 1 is 1.20 bits per heavy atom. The fraction of sp³-hybridized carbons (Fsp3) is 0.421. The third-order valence-electron chi connectivity index (χ3n) is 5.21. The molecule has 1 aliphatic carbocycles. The number of alkyl halides is 2. The topological polar surface area (TPSA) is 86.9 Å². The van der Waals surface area contributed by atoms with Crippen LogP contribution in [0.15, 0.2) is 21.0 Å². The molecule has 0 spiro atoms. The zero-order valence-corrected chi connectivity index (χ0v) is 17.9. The Morgan fingerprint density at radius 2 is 2.00 bits per heavy atom. The van der Waals surface area contributed by atoms with E-state index in [9.17, 15) is 8.78 Å². The van der Waals surface area contributed by atoms with Crippen LogP contribution in [0.1, 0.15) is 53.9 Å². The number of hydrogen-bond donors (Lipinski definition) is 0. The van der Waals surface area contributed by atoms with Gasteiger partial charge in [-0.25, -0.2) is 18.3 Å². The van der Waals surface area contributed by atoms with Crippen molar-refractivity contribution in [3.63, 3.8) is 0 Å². The van der Waals surface area contributed by atoms with Gasteiger partial charge in [-0.2, -0.15) is 10.2 Å². The van der Waals surface area contributed by atoms with Gasteiger partial charge in [-0.05, 0) is 48.7 Å². The van der Waals surface area contributed by atoms with Crippen molar-refractivity contribution in [3.8, 4) is 11.6 Å². The summed E-state index contributed by atoms with van der Waals surface area (Å²) >= 11 is 3.51. The average Bonchev–Trinajstić information content (AvgIpc) is 3.22. The molecule has 0 radical (unpaired) electrons. The minimum atomic E-state index is -2.65. The lowest BCUT2D eigenvalue weighted by Crippen LogP contribution is -2.05. The fourth-order valence-electron chi connectivity index (χ4n) is 3.42. The molecule has 0 unspecified atom stereocenters. The second kappa shape index (κ2) is 7.22. The van der Waals surface area contributed by atoms with Crippen molar-refractivity contribution in [2.24, 2.45) is 0 Å². The first kappa shape index (κ1) is 19.3. The van der Waals surface area contributed by atoms with Crippen LogP contribution >= 0.6 is 15.9 Å². The molecule has 30 heavy (non-hydrogen) atoms. The Hall–Kier alpha value is -2.69. The smallest absolute Gasteiger partial charge is 0.280 e. The van der Waals surface area contributed by atoms with Gasteiger partial charge in [0.1, 0.15) is 5.69 Å². The van der Waals surface area contributed by atoms with E-state index in [2.05, 4.69) is 41.3 Å². The number of fused-ring (bicyclic) bond motifs is 1. The Morgan fingerprint density at radius 3 is 2.67 bits per heavy atom. The van der Waals surface area contributed by atoms with Crippen molar-refractivity contribution >= 4 is 21.6 Å². The predicted molar refractivity (Wildman–Crippen MR) is 106 cm³/mol. The van der Waals surface area contributed by atoms with Gasteiger partial charge in [-0.15, -0.1) is 10.2 Å². The van der Waals surface area contributed by atoms with E-state index in [0.29, 0.717) is 35.9 Å². The maximum atomic E-state index is 13.5. The summed E-state index contributed by atoms with van der Waals surface area (Å²) in [7, 11) is 0. The molecule has 0 saturated heterocycles. The van der Waals surface area contributed by atoms with Crippen LogP contribution in [0.25, 0.3) is 17.2 Å². The van der Waals surface area contributed by atoms with E-state index in [4.69, 9.17) is 4.42 Å². The molecule has 1 saturated carbocycles. The molecule has 4 aromatic rings. The summed E-state index contributed by atoms with van der Waals surface area (Å²) in [6, 6.07) is 3.05. The van der Waals surface area contributed by atoms with Crippen LogP contribution in [0.5, 0.6) is 0 Å². The van der Waals surface area contributed by atoms with Crippen LogP contribution in [0.2, 0.25) is 0 Å². The van der Waals surface area contributed by atoms with E-state index < -0.39 is 6.43 Å². The number of aryl methyl sites for hydroxylation is 3. The molecule has 11 heteroatoms. The van der Waals surface area contributed by atoms with Gasteiger partial charge in [0.2, 0.25) is 5.89 Å². The zero-order chi connectivity index (χ0) is 21.0. The SMILES string of the molecule is Cc1nn(CCc2nnc(-c3cc4nc(C5CC5)cc(C(F)F)n4n3)o2)c(C)c1Br. The normalized spacial score (nSPS) is 14.3.